The van der Waals surface area contributed by atoms with Crippen LogP contribution >= 0.6 is 11.3 Å². The number of anilines is 1. The SMILES string of the molecule is O=C(Cn1ccc(=O)[nH]c1=O)Nc1ncc(Cc2ccc(F)cc2)s1. The van der Waals surface area contributed by atoms with E-state index in [4.69, 9.17) is 0 Å². The van der Waals surface area contributed by atoms with E-state index in [2.05, 4.69) is 15.3 Å². The van der Waals surface area contributed by atoms with Crippen LogP contribution in [0.25, 0.3) is 0 Å². The molecule has 25 heavy (non-hydrogen) atoms. The zero-order valence-corrected chi connectivity index (χ0v) is 13.7. The summed E-state index contributed by atoms with van der Waals surface area (Å²) in [6.07, 6.45) is 3.46. The van der Waals surface area contributed by atoms with E-state index in [0.717, 1.165) is 15.0 Å². The third kappa shape index (κ3) is 4.48. The van der Waals surface area contributed by atoms with Crippen LogP contribution in [0.1, 0.15) is 10.4 Å². The lowest BCUT2D eigenvalue weighted by Gasteiger charge is -2.04. The van der Waals surface area contributed by atoms with E-state index in [1.807, 2.05) is 0 Å². The van der Waals surface area contributed by atoms with Crippen molar-refractivity contribution in [1.29, 1.82) is 0 Å². The second kappa shape index (κ2) is 7.22. The highest BCUT2D eigenvalue weighted by Crippen LogP contribution is 2.21. The predicted octanol–water partition coefficient (Wildman–Crippen LogP) is 1.36. The minimum atomic E-state index is -0.654. The third-order valence-corrected chi connectivity index (χ3v) is 4.22. The number of hydrogen-bond donors (Lipinski definition) is 2. The molecule has 128 valence electrons. The minimum Gasteiger partial charge on any atom is -0.300 e. The van der Waals surface area contributed by atoms with Crippen molar-refractivity contribution in [2.24, 2.45) is 0 Å². The number of H-pyrrole nitrogens is 1. The fourth-order valence-corrected chi connectivity index (χ4v) is 3.00. The van der Waals surface area contributed by atoms with Gasteiger partial charge in [0.1, 0.15) is 12.4 Å². The molecule has 0 aliphatic carbocycles. The van der Waals surface area contributed by atoms with Gasteiger partial charge in [0, 0.05) is 29.8 Å². The molecule has 2 aromatic heterocycles. The van der Waals surface area contributed by atoms with Crippen molar-refractivity contribution in [3.05, 3.63) is 79.8 Å². The molecule has 0 saturated carbocycles. The van der Waals surface area contributed by atoms with Gasteiger partial charge in [0.15, 0.2) is 5.13 Å². The number of thiazole rings is 1. The molecule has 2 heterocycles. The van der Waals surface area contributed by atoms with E-state index >= 15 is 0 Å². The van der Waals surface area contributed by atoms with Gasteiger partial charge in [0.25, 0.3) is 5.56 Å². The molecule has 0 aliphatic rings. The van der Waals surface area contributed by atoms with Crippen molar-refractivity contribution >= 4 is 22.4 Å². The summed E-state index contributed by atoms with van der Waals surface area (Å²) in [7, 11) is 0. The number of halogens is 1. The third-order valence-electron chi connectivity index (χ3n) is 3.30. The van der Waals surface area contributed by atoms with Crippen molar-refractivity contribution in [3.8, 4) is 0 Å². The van der Waals surface area contributed by atoms with Crippen molar-refractivity contribution in [2.45, 2.75) is 13.0 Å². The summed E-state index contributed by atoms with van der Waals surface area (Å²) >= 11 is 1.30. The number of carbonyl (C=O) groups excluding carboxylic acids is 1. The number of amides is 1. The largest absolute Gasteiger partial charge is 0.328 e. The Hall–Kier alpha value is -3.07. The highest BCUT2D eigenvalue weighted by molar-refractivity contribution is 7.15. The summed E-state index contributed by atoms with van der Waals surface area (Å²) in [5.74, 6) is -0.727. The molecular formula is C16H13FN4O3S. The highest BCUT2D eigenvalue weighted by Gasteiger charge is 2.09. The number of aromatic amines is 1. The van der Waals surface area contributed by atoms with Crippen LogP contribution < -0.4 is 16.6 Å². The maximum atomic E-state index is 12.9. The van der Waals surface area contributed by atoms with Crippen LogP contribution in [-0.4, -0.2) is 20.4 Å². The van der Waals surface area contributed by atoms with Crippen LogP contribution in [0, 0.1) is 5.82 Å². The topological polar surface area (TPSA) is 96.9 Å². The normalized spacial score (nSPS) is 10.6. The van der Waals surface area contributed by atoms with Crippen LogP contribution in [0.4, 0.5) is 9.52 Å². The lowest BCUT2D eigenvalue weighted by atomic mass is 10.1. The Bertz CT molecular complexity index is 1010. The van der Waals surface area contributed by atoms with Gasteiger partial charge >= 0.3 is 5.69 Å². The van der Waals surface area contributed by atoms with Crippen molar-refractivity contribution < 1.29 is 9.18 Å². The van der Waals surface area contributed by atoms with Gasteiger partial charge in [-0.25, -0.2) is 14.2 Å². The first-order valence-electron chi connectivity index (χ1n) is 7.28. The fourth-order valence-electron chi connectivity index (χ4n) is 2.13. The summed E-state index contributed by atoms with van der Waals surface area (Å²) in [5, 5.41) is 3.01. The monoisotopic (exact) mass is 360 g/mol. The molecule has 0 aliphatic heterocycles. The van der Waals surface area contributed by atoms with Gasteiger partial charge in [-0.2, -0.15) is 0 Å². The number of nitrogens with one attached hydrogen (secondary N) is 2. The zero-order chi connectivity index (χ0) is 17.8. The predicted molar refractivity (Wildman–Crippen MR) is 91.3 cm³/mol. The first kappa shape index (κ1) is 16.8. The molecule has 2 N–H and O–H groups in total. The van der Waals surface area contributed by atoms with Crippen LogP contribution in [-0.2, 0) is 17.8 Å². The fraction of sp³-hybridized carbons (Fsp3) is 0.125. The molecule has 3 rings (SSSR count). The Labute approximate surface area is 144 Å². The first-order chi connectivity index (χ1) is 12.0. The lowest BCUT2D eigenvalue weighted by molar-refractivity contribution is -0.116. The molecule has 9 heteroatoms. The zero-order valence-electron chi connectivity index (χ0n) is 12.9. The van der Waals surface area contributed by atoms with Crippen LogP contribution in [0.3, 0.4) is 0 Å². The van der Waals surface area contributed by atoms with E-state index in [1.165, 1.54) is 35.7 Å². The van der Waals surface area contributed by atoms with Gasteiger partial charge in [-0.1, -0.05) is 12.1 Å². The Balaban J connectivity index is 1.62. The Morgan fingerprint density at radius 2 is 2.00 bits per heavy atom. The number of benzene rings is 1. The van der Waals surface area contributed by atoms with Crippen LogP contribution in [0.2, 0.25) is 0 Å². The molecule has 7 nitrogen and oxygen atoms in total. The van der Waals surface area contributed by atoms with E-state index in [0.29, 0.717) is 11.6 Å². The van der Waals surface area contributed by atoms with Gasteiger partial charge < -0.3 is 5.32 Å². The Kier molecular flexibility index (Phi) is 4.85. The number of rotatable bonds is 5. The first-order valence-corrected chi connectivity index (χ1v) is 8.10. The van der Waals surface area contributed by atoms with E-state index < -0.39 is 17.2 Å². The molecule has 0 saturated heterocycles. The molecule has 1 amide bonds. The van der Waals surface area contributed by atoms with Gasteiger partial charge in [-0.15, -0.1) is 11.3 Å². The maximum Gasteiger partial charge on any atom is 0.328 e. The molecule has 0 spiro atoms. The minimum absolute atomic E-state index is 0.234. The quantitative estimate of drug-likeness (QED) is 0.718. The molecule has 1 aromatic carbocycles. The second-order valence-corrected chi connectivity index (χ2v) is 6.34. The van der Waals surface area contributed by atoms with E-state index in [-0.39, 0.29) is 12.4 Å². The number of hydrogen-bond acceptors (Lipinski definition) is 5. The molecule has 0 radical (unpaired) electrons. The smallest absolute Gasteiger partial charge is 0.300 e. The molecule has 0 unspecified atom stereocenters. The van der Waals surface area contributed by atoms with Crippen LogP contribution in [0.5, 0.6) is 0 Å². The molecule has 0 fully saturated rings. The molecule has 0 atom stereocenters. The van der Waals surface area contributed by atoms with Gasteiger partial charge in [-0.3, -0.25) is 19.1 Å². The molecule has 0 bridgehead atoms. The van der Waals surface area contributed by atoms with E-state index in [9.17, 15) is 18.8 Å². The van der Waals surface area contributed by atoms with Gasteiger partial charge in [-0.05, 0) is 17.7 Å². The van der Waals surface area contributed by atoms with Crippen LogP contribution in [0.15, 0.2) is 52.3 Å². The summed E-state index contributed by atoms with van der Waals surface area (Å²) in [6.45, 7) is -0.234. The van der Waals surface area contributed by atoms with Crippen molar-refractivity contribution in [1.82, 2.24) is 14.5 Å². The van der Waals surface area contributed by atoms with Gasteiger partial charge in [0.2, 0.25) is 5.91 Å². The number of aromatic nitrogens is 3. The summed E-state index contributed by atoms with van der Waals surface area (Å²) in [5.41, 5.74) is -0.242. The van der Waals surface area contributed by atoms with Crippen molar-refractivity contribution in [2.75, 3.05) is 5.32 Å². The molecule has 3 aromatic rings. The summed E-state index contributed by atoms with van der Waals surface area (Å²) in [6, 6.07) is 7.33. The summed E-state index contributed by atoms with van der Waals surface area (Å²) < 4.78 is 14.0. The van der Waals surface area contributed by atoms with E-state index in [1.54, 1.807) is 18.3 Å². The standard InChI is InChI=1S/C16H13FN4O3S/c17-11-3-1-10(2-4-11)7-12-8-18-15(25-12)19-14(23)9-21-6-5-13(22)20-16(21)24/h1-6,8H,7,9H2,(H,18,19,23)(H,20,22,24). The Morgan fingerprint density at radius 1 is 1.24 bits per heavy atom. The summed E-state index contributed by atoms with van der Waals surface area (Å²) in [4.78, 5) is 41.6. The number of carbonyl (C=O) groups is 1. The second-order valence-electron chi connectivity index (χ2n) is 5.22. The lowest BCUT2D eigenvalue weighted by Crippen LogP contribution is -2.32. The number of nitrogens with zero attached hydrogens (tertiary/aromatic N) is 2. The average molecular weight is 360 g/mol. The highest BCUT2D eigenvalue weighted by atomic mass is 32.1. The van der Waals surface area contributed by atoms with Crippen molar-refractivity contribution in [3.63, 3.8) is 0 Å². The maximum absolute atomic E-state index is 12.9. The molecular weight excluding hydrogens is 347 g/mol. The Morgan fingerprint density at radius 3 is 2.72 bits per heavy atom. The van der Waals surface area contributed by atoms with Gasteiger partial charge in [0.05, 0.1) is 0 Å². The average Bonchev–Trinajstić information content (AvgIpc) is 2.99.